The second kappa shape index (κ2) is 3.05. The summed E-state index contributed by atoms with van der Waals surface area (Å²) in [5.41, 5.74) is 3.14. The van der Waals surface area contributed by atoms with Gasteiger partial charge < -0.3 is 4.98 Å². The molecule has 66 valence electrons. The molecular weight excluding hydrogens is 165 g/mol. The lowest BCUT2D eigenvalue weighted by molar-refractivity contribution is 0.628. The molecule has 0 aliphatic rings. The molecule has 0 aliphatic carbocycles. The maximum Gasteiger partial charge on any atom is 0.123 e. The Morgan fingerprint density at radius 3 is 2.23 bits per heavy atom. The highest BCUT2D eigenvalue weighted by Gasteiger charge is 1.98. The van der Waals surface area contributed by atoms with Crippen molar-refractivity contribution in [2.24, 2.45) is 0 Å². The van der Waals surface area contributed by atoms with Crippen molar-refractivity contribution in [2.45, 2.75) is 6.92 Å². The van der Waals surface area contributed by atoms with E-state index in [1.165, 1.54) is 12.1 Å². The summed E-state index contributed by atoms with van der Waals surface area (Å²) in [6.45, 7) is 1.99. The van der Waals surface area contributed by atoms with Crippen molar-refractivity contribution in [3.8, 4) is 11.3 Å². The van der Waals surface area contributed by atoms with Crippen LogP contribution in [0.3, 0.4) is 0 Å². The first-order valence-corrected chi connectivity index (χ1v) is 4.17. The van der Waals surface area contributed by atoms with Crippen LogP contribution in [0.2, 0.25) is 0 Å². The molecule has 1 N–H and O–H groups in total. The molecule has 2 heteroatoms. The number of halogens is 1. The van der Waals surface area contributed by atoms with Gasteiger partial charge in [-0.2, -0.15) is 0 Å². The van der Waals surface area contributed by atoms with Crippen LogP contribution < -0.4 is 0 Å². The van der Waals surface area contributed by atoms with Crippen molar-refractivity contribution in [2.75, 3.05) is 0 Å². The van der Waals surface area contributed by atoms with Gasteiger partial charge in [-0.05, 0) is 48.9 Å². The number of nitrogens with one attached hydrogen (secondary N) is 1. The zero-order valence-corrected chi connectivity index (χ0v) is 7.34. The van der Waals surface area contributed by atoms with Gasteiger partial charge in [-0.25, -0.2) is 4.39 Å². The van der Waals surface area contributed by atoms with E-state index in [-0.39, 0.29) is 5.82 Å². The Hall–Kier alpha value is -1.57. The highest BCUT2D eigenvalue weighted by Crippen LogP contribution is 2.18. The van der Waals surface area contributed by atoms with Gasteiger partial charge in [0.25, 0.3) is 0 Å². The third-order valence-corrected chi connectivity index (χ3v) is 1.99. The molecule has 0 aliphatic heterocycles. The number of benzene rings is 1. The fourth-order valence-corrected chi connectivity index (χ4v) is 1.30. The van der Waals surface area contributed by atoms with Crippen LogP contribution in [-0.2, 0) is 0 Å². The Bertz CT molecular complexity index is 400. The van der Waals surface area contributed by atoms with Crippen LogP contribution >= 0.6 is 0 Å². The Balaban J connectivity index is 2.41. The van der Waals surface area contributed by atoms with Gasteiger partial charge in [0.1, 0.15) is 5.82 Å². The maximum absolute atomic E-state index is 12.6. The predicted octanol–water partition coefficient (Wildman–Crippen LogP) is 3.13. The molecule has 0 saturated carbocycles. The van der Waals surface area contributed by atoms with E-state index in [9.17, 15) is 4.39 Å². The summed E-state index contributed by atoms with van der Waals surface area (Å²) >= 11 is 0. The fourth-order valence-electron chi connectivity index (χ4n) is 1.30. The van der Waals surface area contributed by atoms with E-state index < -0.39 is 0 Å². The first kappa shape index (κ1) is 8.05. The minimum atomic E-state index is -0.202. The van der Waals surface area contributed by atoms with Crippen LogP contribution in [0.4, 0.5) is 4.39 Å². The molecule has 1 aromatic carbocycles. The molecule has 1 aromatic heterocycles. The molecule has 0 fully saturated rings. The van der Waals surface area contributed by atoms with Gasteiger partial charge in [0.15, 0.2) is 0 Å². The third kappa shape index (κ3) is 1.61. The Labute approximate surface area is 76.2 Å². The van der Waals surface area contributed by atoms with E-state index in [0.29, 0.717) is 0 Å². The Morgan fingerprint density at radius 2 is 1.69 bits per heavy atom. The molecule has 0 amide bonds. The zero-order valence-electron chi connectivity index (χ0n) is 7.34. The summed E-state index contributed by atoms with van der Waals surface area (Å²) in [4.78, 5) is 3.19. The standard InChI is InChI=1S/C11H10FN/c1-8-2-7-11(13-8)9-3-5-10(12)6-4-9/h2-7,13H,1H3. The quantitative estimate of drug-likeness (QED) is 0.685. The monoisotopic (exact) mass is 175 g/mol. The maximum atomic E-state index is 12.6. The molecule has 2 rings (SSSR count). The first-order chi connectivity index (χ1) is 6.25. The van der Waals surface area contributed by atoms with Crippen LogP contribution in [0.1, 0.15) is 5.69 Å². The van der Waals surface area contributed by atoms with Crippen LogP contribution in [0.25, 0.3) is 11.3 Å². The molecule has 0 radical (unpaired) electrons. The van der Waals surface area contributed by atoms with Gasteiger partial charge in [0.2, 0.25) is 0 Å². The largest absolute Gasteiger partial charge is 0.359 e. The van der Waals surface area contributed by atoms with Crippen molar-refractivity contribution in [1.29, 1.82) is 0 Å². The molecule has 1 heterocycles. The molecule has 0 atom stereocenters. The van der Waals surface area contributed by atoms with Crippen molar-refractivity contribution >= 4 is 0 Å². The SMILES string of the molecule is Cc1ccc(-c2ccc(F)cc2)[nH]1. The topological polar surface area (TPSA) is 15.8 Å². The molecule has 0 saturated heterocycles. The second-order valence-electron chi connectivity index (χ2n) is 3.06. The van der Waals surface area contributed by atoms with E-state index >= 15 is 0 Å². The number of aromatic amines is 1. The van der Waals surface area contributed by atoms with Gasteiger partial charge >= 0.3 is 0 Å². The van der Waals surface area contributed by atoms with E-state index in [1.54, 1.807) is 12.1 Å². The smallest absolute Gasteiger partial charge is 0.123 e. The van der Waals surface area contributed by atoms with Crippen LogP contribution in [0, 0.1) is 12.7 Å². The van der Waals surface area contributed by atoms with Gasteiger partial charge in [-0.15, -0.1) is 0 Å². The van der Waals surface area contributed by atoms with Crippen LogP contribution in [0.15, 0.2) is 36.4 Å². The summed E-state index contributed by atoms with van der Waals surface area (Å²) in [7, 11) is 0. The summed E-state index contributed by atoms with van der Waals surface area (Å²) < 4.78 is 12.6. The summed E-state index contributed by atoms with van der Waals surface area (Å²) in [5, 5.41) is 0. The van der Waals surface area contributed by atoms with Crippen molar-refractivity contribution in [3.05, 3.63) is 47.9 Å². The van der Waals surface area contributed by atoms with E-state index in [0.717, 1.165) is 17.0 Å². The number of aryl methyl sites for hydroxylation is 1. The molecule has 0 unspecified atom stereocenters. The highest BCUT2D eigenvalue weighted by atomic mass is 19.1. The minimum absolute atomic E-state index is 0.202. The lowest BCUT2D eigenvalue weighted by Gasteiger charge is -1.96. The number of hydrogen-bond donors (Lipinski definition) is 1. The summed E-state index contributed by atoms with van der Waals surface area (Å²) in [6.07, 6.45) is 0. The highest BCUT2D eigenvalue weighted by molar-refractivity contribution is 5.59. The van der Waals surface area contributed by atoms with E-state index in [1.807, 2.05) is 19.1 Å². The number of hydrogen-bond acceptors (Lipinski definition) is 0. The third-order valence-electron chi connectivity index (χ3n) is 1.99. The van der Waals surface area contributed by atoms with E-state index in [4.69, 9.17) is 0 Å². The van der Waals surface area contributed by atoms with Gasteiger partial charge in [0, 0.05) is 11.4 Å². The lowest BCUT2D eigenvalue weighted by Crippen LogP contribution is -1.78. The number of rotatable bonds is 1. The Kier molecular flexibility index (Phi) is 1.89. The molecule has 0 spiro atoms. The molecular formula is C11H10FN. The predicted molar refractivity (Wildman–Crippen MR) is 50.9 cm³/mol. The van der Waals surface area contributed by atoms with Gasteiger partial charge in [-0.3, -0.25) is 0 Å². The number of aromatic nitrogens is 1. The van der Waals surface area contributed by atoms with Gasteiger partial charge in [0.05, 0.1) is 0 Å². The average molecular weight is 175 g/mol. The lowest BCUT2D eigenvalue weighted by atomic mass is 10.1. The van der Waals surface area contributed by atoms with Crippen molar-refractivity contribution in [1.82, 2.24) is 4.98 Å². The molecule has 0 bridgehead atoms. The summed E-state index contributed by atoms with van der Waals surface area (Å²) in [6, 6.07) is 10.4. The Morgan fingerprint density at radius 1 is 1.00 bits per heavy atom. The van der Waals surface area contributed by atoms with Crippen LogP contribution in [0.5, 0.6) is 0 Å². The van der Waals surface area contributed by atoms with Gasteiger partial charge in [-0.1, -0.05) is 0 Å². The normalized spacial score (nSPS) is 10.3. The molecule has 1 nitrogen and oxygen atoms in total. The second-order valence-corrected chi connectivity index (χ2v) is 3.06. The molecule has 2 aromatic rings. The van der Waals surface area contributed by atoms with Crippen molar-refractivity contribution in [3.63, 3.8) is 0 Å². The minimum Gasteiger partial charge on any atom is -0.359 e. The molecule has 13 heavy (non-hydrogen) atoms. The summed E-state index contributed by atoms with van der Waals surface area (Å²) in [5.74, 6) is -0.202. The van der Waals surface area contributed by atoms with Crippen molar-refractivity contribution < 1.29 is 4.39 Å². The van der Waals surface area contributed by atoms with Crippen LogP contribution in [-0.4, -0.2) is 4.98 Å². The first-order valence-electron chi connectivity index (χ1n) is 4.17. The zero-order chi connectivity index (χ0) is 9.26. The average Bonchev–Trinajstić information content (AvgIpc) is 2.53. The number of H-pyrrole nitrogens is 1. The fraction of sp³-hybridized carbons (Fsp3) is 0.0909. The van der Waals surface area contributed by atoms with E-state index in [2.05, 4.69) is 4.98 Å².